The summed E-state index contributed by atoms with van der Waals surface area (Å²) < 4.78 is 32.6. The van der Waals surface area contributed by atoms with Gasteiger partial charge in [0.15, 0.2) is 10.9 Å². The Labute approximate surface area is 176 Å². The van der Waals surface area contributed by atoms with Gasteiger partial charge in [0, 0.05) is 28.9 Å². The molecule has 0 saturated heterocycles. The number of aromatic amines is 1. The zero-order chi connectivity index (χ0) is 21.7. The van der Waals surface area contributed by atoms with Gasteiger partial charge >= 0.3 is 0 Å². The molecule has 0 spiro atoms. The molecule has 5 nitrogen and oxygen atoms in total. The molecule has 0 amide bonds. The van der Waals surface area contributed by atoms with E-state index in [2.05, 4.69) is 47.2 Å². The number of thiol groups is 1. The topological polar surface area (TPSA) is 88.8 Å². The fraction of sp³-hybridized carbons (Fsp3) is 0.174. The average Bonchev–Trinajstić information content (AvgIpc) is 3.20. The number of fused-ring (bicyclic) bond motifs is 1. The van der Waals surface area contributed by atoms with Gasteiger partial charge in [0.2, 0.25) is 0 Å². The number of halogens is 1. The molecule has 0 bridgehead atoms. The van der Waals surface area contributed by atoms with Crippen LogP contribution in [0.5, 0.6) is 0 Å². The minimum absolute atomic E-state index is 0.219. The number of rotatable bonds is 4. The van der Waals surface area contributed by atoms with E-state index in [0.717, 1.165) is 40.6 Å². The summed E-state index contributed by atoms with van der Waals surface area (Å²) >= 11 is 0. The van der Waals surface area contributed by atoms with Crippen LogP contribution in [0, 0.1) is 5.82 Å². The van der Waals surface area contributed by atoms with E-state index in [0.29, 0.717) is 5.56 Å². The monoisotopic (exact) mass is 425 g/mol. The summed E-state index contributed by atoms with van der Waals surface area (Å²) in [5, 5.41) is 5.05. The first-order valence-corrected chi connectivity index (χ1v) is 10.9. The molecule has 2 heterocycles. The van der Waals surface area contributed by atoms with Gasteiger partial charge in [-0.1, -0.05) is 44.2 Å². The van der Waals surface area contributed by atoms with Gasteiger partial charge in [0.05, 0.1) is 0 Å². The number of pyridine rings is 1. The largest absolute Gasteiger partial charge is 0.346 e. The molecular formula is C23H24FN3O2S. The van der Waals surface area contributed by atoms with Crippen molar-refractivity contribution in [3.63, 3.8) is 0 Å². The molecule has 30 heavy (non-hydrogen) atoms. The molecule has 0 aliphatic heterocycles. The van der Waals surface area contributed by atoms with E-state index in [1.54, 1.807) is 12.3 Å². The molecule has 0 saturated carbocycles. The number of hydrogen-bond donors (Lipinski definition) is 3. The van der Waals surface area contributed by atoms with Crippen LogP contribution in [-0.2, 0) is 23.7 Å². The normalized spacial score (nSPS) is 10.8. The highest BCUT2D eigenvalue weighted by atomic mass is 32.2. The number of nitrogens with zero attached hydrogens (tertiary/aromatic N) is 1. The number of H-pyrrole nitrogens is 1. The maximum absolute atomic E-state index is 14.9. The van der Waals surface area contributed by atoms with Crippen molar-refractivity contribution in [1.82, 2.24) is 9.97 Å². The summed E-state index contributed by atoms with van der Waals surface area (Å²) in [6.45, 7) is 4.31. The molecule has 0 fully saturated rings. The van der Waals surface area contributed by atoms with Crippen LogP contribution in [0.25, 0.3) is 33.3 Å². The Kier molecular flexibility index (Phi) is 6.97. The quantitative estimate of drug-likeness (QED) is 0.417. The van der Waals surface area contributed by atoms with Gasteiger partial charge in [-0.15, -0.1) is 0 Å². The van der Waals surface area contributed by atoms with Gasteiger partial charge in [0.1, 0.15) is 11.5 Å². The summed E-state index contributed by atoms with van der Waals surface area (Å²) in [5.74, 6) is -0.219. The van der Waals surface area contributed by atoms with Crippen LogP contribution in [0.3, 0.4) is 0 Å². The number of nitrogens with one attached hydrogen (secondary N) is 1. The molecule has 7 heteroatoms. The first-order valence-electron chi connectivity index (χ1n) is 9.67. The van der Waals surface area contributed by atoms with Gasteiger partial charge in [-0.2, -0.15) is 0 Å². The molecule has 4 aromatic rings. The Hall–Kier alpha value is -3.03. The van der Waals surface area contributed by atoms with E-state index in [1.807, 2.05) is 30.5 Å². The number of aryl methyl sites for hydroxylation is 1. The lowest BCUT2D eigenvalue weighted by Gasteiger charge is -2.14. The van der Waals surface area contributed by atoms with E-state index in [9.17, 15) is 4.39 Å². The van der Waals surface area contributed by atoms with E-state index >= 15 is 0 Å². The van der Waals surface area contributed by atoms with Gasteiger partial charge in [-0.3, -0.25) is 0 Å². The number of benzene rings is 2. The second-order valence-electron chi connectivity index (χ2n) is 6.77. The second kappa shape index (κ2) is 9.65. The third-order valence-electron chi connectivity index (χ3n) is 5.00. The Morgan fingerprint density at radius 1 is 1.00 bits per heavy atom. The molecule has 2 aromatic carbocycles. The van der Waals surface area contributed by atoms with Crippen LogP contribution in [0.2, 0.25) is 0 Å². The highest BCUT2D eigenvalue weighted by Gasteiger charge is 2.12. The third-order valence-corrected chi connectivity index (χ3v) is 5.00. The SMILES string of the molecule is CCc1cccc(-c2ccc(-c3cnc4[nH]ccc4c3)c(F)c2)c1CC.N[SH](=O)=O. The average molecular weight is 426 g/mol. The Balaban J connectivity index is 0.000000589. The third kappa shape index (κ3) is 4.75. The maximum Gasteiger partial charge on any atom is 0.198 e. The summed E-state index contributed by atoms with van der Waals surface area (Å²) in [7, 11) is -2.62. The molecule has 3 N–H and O–H groups in total. The molecule has 0 aliphatic rings. The van der Waals surface area contributed by atoms with Gasteiger partial charge in [-0.05, 0) is 53.3 Å². The van der Waals surface area contributed by atoms with Crippen LogP contribution in [-0.4, -0.2) is 18.4 Å². The first-order chi connectivity index (χ1) is 14.4. The van der Waals surface area contributed by atoms with Crippen molar-refractivity contribution in [1.29, 1.82) is 0 Å². The van der Waals surface area contributed by atoms with Crippen LogP contribution in [0.15, 0.2) is 60.9 Å². The predicted molar refractivity (Wildman–Crippen MR) is 120 cm³/mol. The Morgan fingerprint density at radius 2 is 1.77 bits per heavy atom. The zero-order valence-electron chi connectivity index (χ0n) is 16.9. The summed E-state index contributed by atoms with van der Waals surface area (Å²) in [6, 6.07) is 15.7. The standard InChI is InChI=1S/C23H21FN2.H3NO2S/c1-3-15-6-5-7-20(19(15)4-2)16-8-9-21(22(24)13-16)18-12-17-10-11-25-23(17)26-14-18;1-4(2)3/h5-14H,3-4H2,1-2H3,(H,25,26);4H,(H2,1,2,3). The van der Waals surface area contributed by atoms with Crippen LogP contribution < -0.4 is 5.14 Å². The molecule has 156 valence electrons. The second-order valence-corrected chi connectivity index (χ2v) is 7.34. The fourth-order valence-electron chi connectivity index (χ4n) is 3.66. The lowest BCUT2D eigenvalue weighted by molar-refractivity contribution is 0.616. The van der Waals surface area contributed by atoms with Crippen LogP contribution >= 0.6 is 0 Å². The zero-order valence-corrected chi connectivity index (χ0v) is 17.7. The van der Waals surface area contributed by atoms with E-state index in [1.165, 1.54) is 11.1 Å². The molecule has 2 aromatic heterocycles. The molecule has 0 aliphatic carbocycles. The van der Waals surface area contributed by atoms with E-state index < -0.39 is 10.9 Å². The smallest absolute Gasteiger partial charge is 0.198 e. The van der Waals surface area contributed by atoms with Crippen molar-refractivity contribution in [2.45, 2.75) is 26.7 Å². The number of aromatic nitrogens is 2. The highest BCUT2D eigenvalue weighted by Crippen LogP contribution is 2.32. The summed E-state index contributed by atoms with van der Waals surface area (Å²) in [6.07, 6.45) is 5.48. The maximum atomic E-state index is 14.9. The predicted octanol–water partition coefficient (Wildman–Crippen LogP) is 4.63. The van der Waals surface area contributed by atoms with Gasteiger partial charge in [-0.25, -0.2) is 22.9 Å². The van der Waals surface area contributed by atoms with Gasteiger partial charge in [0.25, 0.3) is 0 Å². The molecular weight excluding hydrogens is 401 g/mol. The van der Waals surface area contributed by atoms with Crippen molar-refractivity contribution in [3.05, 3.63) is 77.9 Å². The Morgan fingerprint density at radius 3 is 2.43 bits per heavy atom. The first kappa shape index (κ1) is 21.7. The van der Waals surface area contributed by atoms with Crippen molar-refractivity contribution in [2.24, 2.45) is 5.14 Å². The molecule has 0 radical (unpaired) electrons. The minimum atomic E-state index is -2.62. The molecule has 4 rings (SSSR count). The lowest BCUT2D eigenvalue weighted by atomic mass is 9.91. The van der Waals surface area contributed by atoms with Crippen molar-refractivity contribution in [2.75, 3.05) is 0 Å². The fourth-order valence-corrected chi connectivity index (χ4v) is 3.66. The summed E-state index contributed by atoms with van der Waals surface area (Å²) in [5.41, 5.74) is 6.86. The van der Waals surface area contributed by atoms with Crippen molar-refractivity contribution in [3.8, 4) is 22.3 Å². The Bertz CT molecular complexity index is 1240. The molecule has 0 unspecified atom stereocenters. The highest BCUT2D eigenvalue weighted by molar-refractivity contribution is 7.69. The molecule has 0 atom stereocenters. The van der Waals surface area contributed by atoms with Crippen molar-refractivity contribution >= 4 is 21.9 Å². The van der Waals surface area contributed by atoms with E-state index in [-0.39, 0.29) is 5.82 Å². The van der Waals surface area contributed by atoms with Gasteiger partial charge < -0.3 is 4.98 Å². The van der Waals surface area contributed by atoms with Crippen LogP contribution in [0.4, 0.5) is 4.39 Å². The number of nitrogens with two attached hydrogens (primary N) is 1. The van der Waals surface area contributed by atoms with E-state index in [4.69, 9.17) is 8.42 Å². The minimum Gasteiger partial charge on any atom is -0.346 e. The number of hydrogen-bond acceptors (Lipinski definition) is 3. The summed E-state index contributed by atoms with van der Waals surface area (Å²) in [4.78, 5) is 7.43. The lowest BCUT2D eigenvalue weighted by Crippen LogP contribution is -1.96. The van der Waals surface area contributed by atoms with Crippen LogP contribution in [0.1, 0.15) is 25.0 Å². The van der Waals surface area contributed by atoms with Crippen molar-refractivity contribution < 1.29 is 12.8 Å².